The highest BCUT2D eigenvalue weighted by molar-refractivity contribution is 7.84. The predicted molar refractivity (Wildman–Crippen MR) is 70.3 cm³/mol. The smallest absolute Gasteiger partial charge is 0.371 e. The lowest BCUT2D eigenvalue weighted by molar-refractivity contribution is 0.0661. The summed E-state index contributed by atoms with van der Waals surface area (Å²) in [5.74, 6) is 0.190. The van der Waals surface area contributed by atoms with E-state index in [1.807, 2.05) is 6.92 Å². The van der Waals surface area contributed by atoms with E-state index < -0.39 is 16.8 Å². The third-order valence-corrected chi connectivity index (χ3v) is 3.52. The van der Waals surface area contributed by atoms with Crippen molar-refractivity contribution < 1.29 is 18.5 Å². The van der Waals surface area contributed by atoms with Gasteiger partial charge in [0.25, 0.3) is 0 Å². The van der Waals surface area contributed by atoms with Crippen molar-refractivity contribution in [2.24, 2.45) is 0 Å². The van der Waals surface area contributed by atoms with E-state index >= 15 is 0 Å². The third kappa shape index (κ3) is 4.62. The highest BCUT2D eigenvalue weighted by Gasteiger charge is 2.13. The molecule has 6 heteroatoms. The number of carbonyl (C=O) groups is 1. The molecule has 0 aliphatic carbocycles. The molecule has 2 atom stereocenters. The van der Waals surface area contributed by atoms with E-state index in [4.69, 9.17) is 9.52 Å². The van der Waals surface area contributed by atoms with Crippen LogP contribution in [0.1, 0.15) is 35.2 Å². The number of carboxylic acids is 1. The van der Waals surface area contributed by atoms with Gasteiger partial charge in [-0.1, -0.05) is 0 Å². The molecule has 18 heavy (non-hydrogen) atoms. The second-order valence-corrected chi connectivity index (χ2v) is 5.90. The molecule has 0 aliphatic heterocycles. The summed E-state index contributed by atoms with van der Waals surface area (Å²) >= 11 is 0. The van der Waals surface area contributed by atoms with Gasteiger partial charge in [0.2, 0.25) is 5.76 Å². The Morgan fingerprint density at radius 1 is 1.61 bits per heavy atom. The highest BCUT2D eigenvalue weighted by Crippen LogP contribution is 2.14. The van der Waals surface area contributed by atoms with Crippen LogP contribution in [0, 0.1) is 6.92 Å². The minimum atomic E-state index is -1.06. The Morgan fingerprint density at radius 2 is 2.28 bits per heavy atom. The van der Waals surface area contributed by atoms with E-state index in [1.165, 1.54) is 6.07 Å². The van der Waals surface area contributed by atoms with Crippen molar-refractivity contribution in [3.8, 4) is 0 Å². The summed E-state index contributed by atoms with van der Waals surface area (Å²) in [5.41, 5.74) is 0.844. The van der Waals surface area contributed by atoms with Crippen molar-refractivity contribution in [2.45, 2.75) is 32.9 Å². The zero-order valence-electron chi connectivity index (χ0n) is 10.9. The van der Waals surface area contributed by atoms with Crippen LogP contribution in [0.25, 0.3) is 0 Å². The number of aromatic carboxylic acids is 1. The molecule has 2 N–H and O–H groups in total. The third-order valence-electron chi connectivity index (χ3n) is 2.71. The average Bonchev–Trinajstić information content (AvgIpc) is 2.65. The Hall–Kier alpha value is -1.14. The average molecular weight is 273 g/mol. The molecule has 1 aromatic rings. The van der Waals surface area contributed by atoms with E-state index in [0.717, 1.165) is 12.0 Å². The van der Waals surface area contributed by atoms with E-state index in [-0.39, 0.29) is 11.8 Å². The minimum absolute atomic E-state index is 0.0355. The van der Waals surface area contributed by atoms with Gasteiger partial charge in [-0.2, -0.15) is 0 Å². The van der Waals surface area contributed by atoms with E-state index in [1.54, 1.807) is 13.2 Å². The molecule has 0 aliphatic rings. The normalized spacial score (nSPS) is 14.4. The molecule has 0 saturated heterocycles. The van der Waals surface area contributed by atoms with Crippen LogP contribution >= 0.6 is 0 Å². The van der Waals surface area contributed by atoms with Crippen molar-refractivity contribution in [1.29, 1.82) is 0 Å². The number of rotatable bonds is 7. The van der Waals surface area contributed by atoms with Gasteiger partial charge in [-0.05, 0) is 26.3 Å². The van der Waals surface area contributed by atoms with Crippen LogP contribution < -0.4 is 5.32 Å². The first-order chi connectivity index (χ1) is 8.40. The number of aryl methyl sites for hydroxylation is 1. The molecule has 1 rings (SSSR count). The fraction of sp³-hybridized carbons (Fsp3) is 0.583. The molecule has 0 spiro atoms. The number of hydrogen-bond acceptors (Lipinski definition) is 4. The molecule has 5 nitrogen and oxygen atoms in total. The molecule has 0 saturated carbocycles. The molecule has 0 bridgehead atoms. The van der Waals surface area contributed by atoms with Gasteiger partial charge in [0, 0.05) is 41.0 Å². The van der Waals surface area contributed by atoms with Gasteiger partial charge in [-0.3, -0.25) is 4.21 Å². The summed E-state index contributed by atoms with van der Waals surface area (Å²) in [6.07, 6.45) is 2.51. The zero-order chi connectivity index (χ0) is 13.7. The second kappa shape index (κ2) is 6.70. The molecule has 1 aromatic heterocycles. The monoisotopic (exact) mass is 273 g/mol. The lowest BCUT2D eigenvalue weighted by atomic mass is 10.2. The van der Waals surface area contributed by atoms with Gasteiger partial charge in [0.1, 0.15) is 5.76 Å². The molecule has 1 heterocycles. The standard InChI is InChI=1S/C12H19NO4S/c1-8(4-5-18(3)16)13-7-10-6-11(12(14)15)17-9(10)2/h6,8,13H,4-5,7H2,1-3H3,(H,14,15). The maximum absolute atomic E-state index is 11.0. The van der Waals surface area contributed by atoms with Gasteiger partial charge in [-0.15, -0.1) is 0 Å². The second-order valence-electron chi connectivity index (χ2n) is 4.35. The van der Waals surface area contributed by atoms with Crippen LogP contribution in [0.2, 0.25) is 0 Å². The van der Waals surface area contributed by atoms with Crippen molar-refractivity contribution in [2.75, 3.05) is 12.0 Å². The first-order valence-corrected chi connectivity index (χ1v) is 7.49. The molecular formula is C12H19NO4S. The molecule has 0 aromatic carbocycles. The Bertz CT molecular complexity index is 441. The van der Waals surface area contributed by atoms with Crippen LogP contribution in [0.15, 0.2) is 10.5 Å². The first-order valence-electron chi connectivity index (χ1n) is 5.76. The molecular weight excluding hydrogens is 254 g/mol. The maximum atomic E-state index is 11.0. The van der Waals surface area contributed by atoms with E-state index in [9.17, 15) is 9.00 Å². The molecule has 0 amide bonds. The summed E-state index contributed by atoms with van der Waals surface area (Å²) in [5, 5.41) is 12.1. The van der Waals surface area contributed by atoms with Gasteiger partial charge in [0.05, 0.1) is 0 Å². The van der Waals surface area contributed by atoms with Gasteiger partial charge >= 0.3 is 5.97 Å². The fourth-order valence-corrected chi connectivity index (χ4v) is 2.22. The highest BCUT2D eigenvalue weighted by atomic mass is 32.2. The number of carboxylic acid groups (broad SMARTS) is 1. The molecule has 0 fully saturated rings. The minimum Gasteiger partial charge on any atom is -0.475 e. The summed E-state index contributed by atoms with van der Waals surface area (Å²) in [4.78, 5) is 10.7. The van der Waals surface area contributed by atoms with Crippen LogP contribution in [0.5, 0.6) is 0 Å². The summed E-state index contributed by atoms with van der Waals surface area (Å²) in [7, 11) is -0.777. The lowest BCUT2D eigenvalue weighted by Gasteiger charge is -2.12. The quantitative estimate of drug-likeness (QED) is 0.787. The fourth-order valence-electron chi connectivity index (χ4n) is 1.53. The van der Waals surface area contributed by atoms with Gasteiger partial charge in [-0.25, -0.2) is 4.79 Å². The van der Waals surface area contributed by atoms with Crippen LogP contribution in [0.4, 0.5) is 0 Å². The predicted octanol–water partition coefficient (Wildman–Crippen LogP) is 1.53. The molecule has 2 unspecified atom stereocenters. The van der Waals surface area contributed by atoms with Crippen molar-refractivity contribution in [1.82, 2.24) is 5.32 Å². The van der Waals surface area contributed by atoms with Gasteiger partial charge in [0.15, 0.2) is 0 Å². The van der Waals surface area contributed by atoms with E-state index in [0.29, 0.717) is 18.1 Å². The van der Waals surface area contributed by atoms with Crippen LogP contribution in [-0.4, -0.2) is 33.3 Å². The lowest BCUT2D eigenvalue weighted by Crippen LogP contribution is -2.27. The Labute approximate surface area is 109 Å². The SMILES string of the molecule is Cc1oc(C(=O)O)cc1CNC(C)CCS(C)=O. The van der Waals surface area contributed by atoms with E-state index in [2.05, 4.69) is 5.32 Å². The molecule has 102 valence electrons. The van der Waals surface area contributed by atoms with Crippen molar-refractivity contribution in [3.05, 3.63) is 23.2 Å². The van der Waals surface area contributed by atoms with Crippen molar-refractivity contribution in [3.63, 3.8) is 0 Å². The first kappa shape index (κ1) is 14.9. The topological polar surface area (TPSA) is 79.5 Å². The largest absolute Gasteiger partial charge is 0.475 e. The number of nitrogens with one attached hydrogen (secondary N) is 1. The van der Waals surface area contributed by atoms with Crippen molar-refractivity contribution >= 4 is 16.8 Å². The van der Waals surface area contributed by atoms with Crippen LogP contribution in [-0.2, 0) is 17.3 Å². The Kier molecular flexibility index (Phi) is 5.55. The zero-order valence-corrected chi connectivity index (χ0v) is 11.7. The Morgan fingerprint density at radius 3 is 2.78 bits per heavy atom. The molecule has 0 radical (unpaired) electrons. The Balaban J connectivity index is 2.48. The van der Waals surface area contributed by atoms with Gasteiger partial charge < -0.3 is 14.8 Å². The summed E-state index contributed by atoms with van der Waals surface area (Å²) in [6.45, 7) is 4.32. The number of furan rings is 1. The summed E-state index contributed by atoms with van der Waals surface area (Å²) in [6, 6.07) is 1.77. The summed E-state index contributed by atoms with van der Waals surface area (Å²) < 4.78 is 16.1. The van der Waals surface area contributed by atoms with Crippen LogP contribution in [0.3, 0.4) is 0 Å². The number of hydrogen-bond donors (Lipinski definition) is 2. The maximum Gasteiger partial charge on any atom is 0.371 e.